The number of ether oxygens (including phenoxy) is 1. The smallest absolute Gasteiger partial charge is 0.410 e. The number of amides is 1. The third-order valence-electron chi connectivity index (χ3n) is 3.86. The molecule has 0 aromatic carbocycles. The van der Waals surface area contributed by atoms with Gasteiger partial charge in [0.1, 0.15) is 11.9 Å². The van der Waals surface area contributed by atoms with Crippen LogP contribution in [0.4, 0.5) is 4.79 Å². The summed E-state index contributed by atoms with van der Waals surface area (Å²) in [5.41, 5.74) is -1.31. The number of carbonyl (C=O) groups excluding carboxylic acids is 2. The van der Waals surface area contributed by atoms with E-state index >= 15 is 0 Å². The van der Waals surface area contributed by atoms with Crippen molar-refractivity contribution in [3.05, 3.63) is 0 Å². The monoisotopic (exact) mass is 269 g/mol. The van der Waals surface area contributed by atoms with Crippen LogP contribution in [-0.4, -0.2) is 35.5 Å². The van der Waals surface area contributed by atoms with Gasteiger partial charge in [0.2, 0.25) is 0 Å². The molecule has 4 heteroatoms. The summed E-state index contributed by atoms with van der Waals surface area (Å²) in [6.07, 6.45) is 5.96. The summed E-state index contributed by atoms with van der Waals surface area (Å²) in [7, 11) is 1.65. The zero-order valence-electron chi connectivity index (χ0n) is 12.9. The summed E-state index contributed by atoms with van der Waals surface area (Å²) in [5, 5.41) is 0. The molecule has 1 unspecified atom stereocenters. The first kappa shape index (κ1) is 16.0. The first-order chi connectivity index (χ1) is 8.68. The van der Waals surface area contributed by atoms with E-state index in [0.717, 1.165) is 25.5 Å². The average Bonchev–Trinajstić information content (AvgIpc) is 2.78. The van der Waals surface area contributed by atoms with Crippen LogP contribution >= 0.6 is 0 Å². The molecule has 0 bridgehead atoms. The summed E-state index contributed by atoms with van der Waals surface area (Å²) in [6, 6.07) is 0. The van der Waals surface area contributed by atoms with Crippen molar-refractivity contribution in [1.82, 2.24) is 4.90 Å². The maximum Gasteiger partial charge on any atom is 0.410 e. The van der Waals surface area contributed by atoms with Gasteiger partial charge in [-0.25, -0.2) is 4.79 Å². The summed E-state index contributed by atoms with van der Waals surface area (Å²) < 4.78 is 5.34. The third-order valence-corrected chi connectivity index (χ3v) is 3.86. The molecule has 19 heavy (non-hydrogen) atoms. The van der Waals surface area contributed by atoms with E-state index in [2.05, 4.69) is 0 Å². The highest BCUT2D eigenvalue weighted by molar-refractivity contribution is 5.76. The molecule has 0 aliphatic heterocycles. The summed E-state index contributed by atoms with van der Waals surface area (Å²) >= 11 is 0. The number of likely N-dealkylation sites (N-methyl/N-ethyl adjacent to an activating group) is 1. The van der Waals surface area contributed by atoms with E-state index in [1.165, 1.54) is 17.7 Å². The lowest BCUT2D eigenvalue weighted by atomic mass is 9.88. The molecule has 1 rings (SSSR count). The van der Waals surface area contributed by atoms with E-state index in [1.807, 2.05) is 27.7 Å². The minimum absolute atomic E-state index is 0.430. The molecule has 110 valence electrons. The molecular weight excluding hydrogens is 242 g/mol. The van der Waals surface area contributed by atoms with Gasteiger partial charge in [0.25, 0.3) is 0 Å². The number of aldehydes is 1. The van der Waals surface area contributed by atoms with Crippen molar-refractivity contribution >= 4 is 12.4 Å². The van der Waals surface area contributed by atoms with Crippen molar-refractivity contribution in [2.45, 2.75) is 70.9 Å². The van der Waals surface area contributed by atoms with Crippen LogP contribution in [0.3, 0.4) is 0 Å². The number of hydrogen-bond acceptors (Lipinski definition) is 3. The highest BCUT2D eigenvalue weighted by Gasteiger charge is 2.37. The van der Waals surface area contributed by atoms with Gasteiger partial charge in [-0.1, -0.05) is 25.7 Å². The number of carbonyl (C=O) groups is 2. The summed E-state index contributed by atoms with van der Waals surface area (Å²) in [4.78, 5) is 25.0. The second kappa shape index (κ2) is 5.93. The van der Waals surface area contributed by atoms with Gasteiger partial charge in [0.15, 0.2) is 0 Å². The Morgan fingerprint density at radius 1 is 1.26 bits per heavy atom. The van der Waals surface area contributed by atoms with E-state index in [1.54, 1.807) is 7.05 Å². The fraction of sp³-hybridized carbons (Fsp3) is 0.867. The Balaban J connectivity index is 2.70. The van der Waals surface area contributed by atoms with Gasteiger partial charge in [-0.15, -0.1) is 0 Å². The van der Waals surface area contributed by atoms with E-state index in [0.29, 0.717) is 5.92 Å². The highest BCUT2D eigenvalue weighted by Crippen LogP contribution is 2.33. The van der Waals surface area contributed by atoms with E-state index < -0.39 is 17.2 Å². The van der Waals surface area contributed by atoms with Gasteiger partial charge in [-0.3, -0.25) is 4.90 Å². The van der Waals surface area contributed by atoms with Gasteiger partial charge in [-0.2, -0.15) is 0 Å². The Morgan fingerprint density at radius 2 is 1.79 bits per heavy atom. The standard InChI is InChI=1S/C15H27NO3/c1-14(2,3)19-13(18)16(5)15(4,11-17)10-12-8-6-7-9-12/h11-12H,6-10H2,1-5H3. The average molecular weight is 269 g/mol. The Hall–Kier alpha value is -1.06. The number of nitrogens with zero attached hydrogens (tertiary/aromatic N) is 1. The molecule has 0 spiro atoms. The van der Waals surface area contributed by atoms with Crippen LogP contribution in [0.5, 0.6) is 0 Å². The molecule has 1 amide bonds. The van der Waals surface area contributed by atoms with Crippen LogP contribution in [0.15, 0.2) is 0 Å². The van der Waals surface area contributed by atoms with Crippen molar-refractivity contribution in [1.29, 1.82) is 0 Å². The molecular formula is C15H27NO3. The van der Waals surface area contributed by atoms with Crippen LogP contribution in [0, 0.1) is 5.92 Å². The fourth-order valence-electron chi connectivity index (χ4n) is 2.60. The van der Waals surface area contributed by atoms with Gasteiger partial charge >= 0.3 is 6.09 Å². The molecule has 0 radical (unpaired) electrons. The molecule has 1 fully saturated rings. The predicted octanol–water partition coefficient (Wildman–Crippen LogP) is 3.39. The molecule has 0 heterocycles. The maximum absolute atomic E-state index is 12.1. The molecule has 0 saturated heterocycles. The summed E-state index contributed by atoms with van der Waals surface area (Å²) in [5.74, 6) is 0.542. The Bertz CT molecular complexity index is 329. The first-order valence-electron chi connectivity index (χ1n) is 7.11. The molecule has 1 aliphatic rings. The molecule has 1 aliphatic carbocycles. The normalized spacial score (nSPS) is 19.8. The quantitative estimate of drug-likeness (QED) is 0.735. The lowest BCUT2D eigenvalue weighted by molar-refractivity contribution is -0.118. The number of hydrogen-bond donors (Lipinski definition) is 0. The van der Waals surface area contributed by atoms with Gasteiger partial charge in [-0.05, 0) is 40.0 Å². The van der Waals surface area contributed by atoms with E-state index in [9.17, 15) is 9.59 Å². The topological polar surface area (TPSA) is 46.6 Å². The minimum Gasteiger partial charge on any atom is -0.444 e. The van der Waals surface area contributed by atoms with Gasteiger partial charge < -0.3 is 9.53 Å². The lowest BCUT2D eigenvalue weighted by Gasteiger charge is -2.37. The Morgan fingerprint density at radius 3 is 2.21 bits per heavy atom. The van der Waals surface area contributed by atoms with Crippen LogP contribution in [0.1, 0.15) is 59.8 Å². The van der Waals surface area contributed by atoms with Gasteiger partial charge in [0, 0.05) is 7.05 Å². The molecule has 4 nitrogen and oxygen atoms in total. The van der Waals surface area contributed by atoms with Crippen LogP contribution in [-0.2, 0) is 9.53 Å². The maximum atomic E-state index is 12.1. The fourth-order valence-corrected chi connectivity index (χ4v) is 2.60. The minimum atomic E-state index is -0.767. The zero-order chi connectivity index (χ0) is 14.7. The van der Waals surface area contributed by atoms with Crippen LogP contribution < -0.4 is 0 Å². The van der Waals surface area contributed by atoms with Crippen LogP contribution in [0.2, 0.25) is 0 Å². The third kappa shape index (κ3) is 4.51. The van der Waals surface area contributed by atoms with E-state index in [-0.39, 0.29) is 0 Å². The molecule has 1 saturated carbocycles. The Kier molecular flexibility index (Phi) is 4.99. The van der Waals surface area contributed by atoms with Crippen molar-refractivity contribution < 1.29 is 14.3 Å². The molecule has 0 aromatic heterocycles. The van der Waals surface area contributed by atoms with E-state index in [4.69, 9.17) is 4.74 Å². The SMILES string of the molecule is CN(C(=O)OC(C)(C)C)C(C)(C=O)CC1CCCC1. The molecule has 1 atom stereocenters. The molecule has 0 N–H and O–H groups in total. The molecule has 0 aromatic rings. The van der Waals surface area contributed by atoms with Crippen molar-refractivity contribution in [2.24, 2.45) is 5.92 Å². The predicted molar refractivity (Wildman–Crippen MR) is 75.0 cm³/mol. The van der Waals surface area contributed by atoms with Crippen molar-refractivity contribution in [3.63, 3.8) is 0 Å². The first-order valence-corrected chi connectivity index (χ1v) is 7.11. The number of rotatable bonds is 4. The van der Waals surface area contributed by atoms with Crippen molar-refractivity contribution in [3.8, 4) is 0 Å². The highest BCUT2D eigenvalue weighted by atomic mass is 16.6. The second-order valence-electron chi connectivity index (χ2n) is 6.87. The van der Waals surface area contributed by atoms with Crippen LogP contribution in [0.25, 0.3) is 0 Å². The summed E-state index contributed by atoms with van der Waals surface area (Å²) in [6.45, 7) is 7.30. The largest absolute Gasteiger partial charge is 0.444 e. The zero-order valence-corrected chi connectivity index (χ0v) is 12.9. The second-order valence-corrected chi connectivity index (χ2v) is 6.87. The lowest BCUT2D eigenvalue weighted by Crippen LogP contribution is -2.51. The van der Waals surface area contributed by atoms with Gasteiger partial charge in [0.05, 0.1) is 5.54 Å². The Labute approximate surface area is 116 Å². The van der Waals surface area contributed by atoms with Crippen molar-refractivity contribution in [2.75, 3.05) is 7.05 Å².